The minimum Gasteiger partial charge on any atom is -0.369 e. The van der Waals surface area contributed by atoms with E-state index in [9.17, 15) is 9.59 Å². The van der Waals surface area contributed by atoms with Gasteiger partial charge >= 0.3 is 0 Å². The van der Waals surface area contributed by atoms with E-state index < -0.39 is 17.7 Å². The highest BCUT2D eigenvalue weighted by atomic mass is 16.5. The van der Waals surface area contributed by atoms with E-state index in [1.165, 1.54) is 5.48 Å². The third-order valence-corrected chi connectivity index (χ3v) is 1.82. The van der Waals surface area contributed by atoms with Crippen LogP contribution in [0.4, 0.5) is 0 Å². The van der Waals surface area contributed by atoms with E-state index in [4.69, 9.17) is 10.9 Å². The highest BCUT2D eigenvalue weighted by Gasteiger charge is 2.25. The minimum atomic E-state index is -0.585. The van der Waals surface area contributed by atoms with E-state index in [-0.39, 0.29) is 11.8 Å². The summed E-state index contributed by atoms with van der Waals surface area (Å²) in [7, 11) is 0. The molecular formula is C9H18N2O3. The van der Waals surface area contributed by atoms with Crippen LogP contribution >= 0.6 is 0 Å². The average molecular weight is 202 g/mol. The van der Waals surface area contributed by atoms with Crippen LogP contribution in [0, 0.1) is 11.3 Å². The fraction of sp³-hybridized carbons (Fsp3) is 0.778. The molecule has 0 aliphatic heterocycles. The first-order chi connectivity index (χ1) is 6.26. The summed E-state index contributed by atoms with van der Waals surface area (Å²) in [6, 6.07) is 0. The van der Waals surface area contributed by atoms with Crippen LogP contribution in [-0.4, -0.2) is 17.0 Å². The predicted molar refractivity (Wildman–Crippen MR) is 51.3 cm³/mol. The van der Waals surface area contributed by atoms with Gasteiger partial charge in [0.2, 0.25) is 11.8 Å². The zero-order valence-corrected chi connectivity index (χ0v) is 8.83. The zero-order chi connectivity index (χ0) is 11.4. The highest BCUT2D eigenvalue weighted by molar-refractivity contribution is 5.84. The molecule has 1 unspecified atom stereocenters. The summed E-state index contributed by atoms with van der Waals surface area (Å²) in [5.41, 5.74) is 6.56. The molecule has 4 N–H and O–H groups in total. The maximum atomic E-state index is 11.0. The molecule has 14 heavy (non-hydrogen) atoms. The first-order valence-corrected chi connectivity index (χ1v) is 4.48. The maximum absolute atomic E-state index is 11.0. The average Bonchev–Trinajstić information content (AvgIpc) is 2.00. The largest absolute Gasteiger partial charge is 0.369 e. The van der Waals surface area contributed by atoms with E-state index in [1.807, 2.05) is 20.8 Å². The van der Waals surface area contributed by atoms with Crippen molar-refractivity contribution in [2.45, 2.75) is 33.6 Å². The summed E-state index contributed by atoms with van der Waals surface area (Å²) in [5.74, 6) is -1.62. The molecule has 0 saturated heterocycles. The second-order valence-electron chi connectivity index (χ2n) is 4.60. The number of nitrogens with two attached hydrogens (primary N) is 1. The van der Waals surface area contributed by atoms with Gasteiger partial charge in [0.1, 0.15) is 0 Å². The first kappa shape index (κ1) is 12.9. The van der Waals surface area contributed by atoms with Gasteiger partial charge in [0.25, 0.3) is 0 Å². The summed E-state index contributed by atoms with van der Waals surface area (Å²) in [6.07, 6.45) is 0.457. The molecule has 0 aromatic carbocycles. The molecule has 0 aromatic heterocycles. The van der Waals surface area contributed by atoms with E-state index >= 15 is 0 Å². The Kier molecular flexibility index (Phi) is 4.56. The van der Waals surface area contributed by atoms with Gasteiger partial charge in [-0.2, -0.15) is 0 Å². The monoisotopic (exact) mass is 202 g/mol. The first-order valence-electron chi connectivity index (χ1n) is 4.48. The Morgan fingerprint density at radius 2 is 1.93 bits per heavy atom. The summed E-state index contributed by atoms with van der Waals surface area (Å²) < 4.78 is 0. The van der Waals surface area contributed by atoms with Crippen molar-refractivity contribution in [3.05, 3.63) is 0 Å². The van der Waals surface area contributed by atoms with E-state index in [0.717, 1.165) is 0 Å². The van der Waals surface area contributed by atoms with Crippen molar-refractivity contribution in [1.29, 1.82) is 0 Å². The Hall–Kier alpha value is -1.10. The third-order valence-electron chi connectivity index (χ3n) is 1.82. The minimum absolute atomic E-state index is 0.0664. The van der Waals surface area contributed by atoms with Gasteiger partial charge in [-0.3, -0.25) is 14.8 Å². The summed E-state index contributed by atoms with van der Waals surface area (Å²) in [5, 5.41) is 8.31. The van der Waals surface area contributed by atoms with Crippen LogP contribution in [0.25, 0.3) is 0 Å². The lowest BCUT2D eigenvalue weighted by Crippen LogP contribution is -2.32. The zero-order valence-electron chi connectivity index (χ0n) is 8.83. The Labute approximate surface area is 83.6 Å². The lowest BCUT2D eigenvalue weighted by Gasteiger charge is -2.23. The number of hydrogen-bond acceptors (Lipinski definition) is 3. The van der Waals surface area contributed by atoms with Crippen molar-refractivity contribution in [1.82, 2.24) is 5.48 Å². The van der Waals surface area contributed by atoms with Crippen molar-refractivity contribution in [3.8, 4) is 0 Å². The molecule has 5 heteroatoms. The van der Waals surface area contributed by atoms with Gasteiger partial charge in [-0.15, -0.1) is 0 Å². The molecule has 0 heterocycles. The van der Waals surface area contributed by atoms with Gasteiger partial charge in [-0.25, -0.2) is 5.48 Å². The van der Waals surface area contributed by atoms with E-state index in [1.54, 1.807) is 0 Å². The van der Waals surface area contributed by atoms with Crippen LogP contribution in [0.1, 0.15) is 33.6 Å². The van der Waals surface area contributed by atoms with E-state index in [0.29, 0.717) is 6.42 Å². The van der Waals surface area contributed by atoms with E-state index in [2.05, 4.69) is 0 Å². The quantitative estimate of drug-likeness (QED) is 0.455. The van der Waals surface area contributed by atoms with Crippen molar-refractivity contribution in [3.63, 3.8) is 0 Å². The molecule has 1 atom stereocenters. The second kappa shape index (κ2) is 4.95. The fourth-order valence-electron chi connectivity index (χ4n) is 1.28. The van der Waals surface area contributed by atoms with Crippen LogP contribution in [-0.2, 0) is 9.59 Å². The molecule has 0 aliphatic rings. The van der Waals surface area contributed by atoms with Gasteiger partial charge in [-0.1, -0.05) is 20.8 Å². The molecule has 5 nitrogen and oxygen atoms in total. The molecule has 0 aliphatic carbocycles. The third kappa shape index (κ3) is 5.53. The molecule has 0 spiro atoms. The maximum Gasteiger partial charge on any atom is 0.244 e. The Morgan fingerprint density at radius 3 is 2.21 bits per heavy atom. The number of hydroxylamine groups is 1. The summed E-state index contributed by atoms with van der Waals surface area (Å²) in [6.45, 7) is 5.87. The summed E-state index contributed by atoms with van der Waals surface area (Å²) in [4.78, 5) is 21.8. The standard InChI is InChI=1S/C9H18N2O3/c1-9(2,3)5-6(8(10)13)4-7(12)11-14/h6,14H,4-5H2,1-3H3,(H2,10,13)(H,11,12). The lowest BCUT2D eigenvalue weighted by molar-refractivity contribution is -0.134. The topological polar surface area (TPSA) is 92.4 Å². The Morgan fingerprint density at radius 1 is 1.43 bits per heavy atom. The van der Waals surface area contributed by atoms with Crippen molar-refractivity contribution in [2.75, 3.05) is 0 Å². The van der Waals surface area contributed by atoms with Gasteiger partial charge in [0.15, 0.2) is 0 Å². The molecule has 0 saturated carbocycles. The van der Waals surface area contributed by atoms with Gasteiger partial charge in [0.05, 0.1) is 0 Å². The normalized spacial score (nSPS) is 13.4. The number of primary amides is 1. The molecule has 0 radical (unpaired) electrons. The van der Waals surface area contributed by atoms with Crippen molar-refractivity contribution in [2.24, 2.45) is 17.1 Å². The molecule has 0 rings (SSSR count). The Balaban J connectivity index is 4.31. The molecule has 2 amide bonds. The SMILES string of the molecule is CC(C)(C)CC(CC(=O)NO)C(N)=O. The van der Waals surface area contributed by atoms with Crippen LogP contribution in [0.15, 0.2) is 0 Å². The number of carbonyl (C=O) groups excluding carboxylic acids is 2. The predicted octanol–water partition coefficient (Wildman–Crippen LogP) is 0.420. The highest BCUT2D eigenvalue weighted by Crippen LogP contribution is 2.25. The summed E-state index contributed by atoms with van der Waals surface area (Å²) >= 11 is 0. The van der Waals surface area contributed by atoms with Crippen LogP contribution in [0.2, 0.25) is 0 Å². The molecular weight excluding hydrogens is 184 g/mol. The van der Waals surface area contributed by atoms with Gasteiger partial charge < -0.3 is 5.73 Å². The molecule has 0 bridgehead atoms. The molecule has 0 fully saturated rings. The molecule has 82 valence electrons. The molecule has 0 aromatic rings. The number of rotatable bonds is 4. The van der Waals surface area contributed by atoms with Gasteiger partial charge in [0, 0.05) is 12.3 Å². The van der Waals surface area contributed by atoms with Crippen molar-refractivity contribution < 1.29 is 14.8 Å². The van der Waals surface area contributed by atoms with Crippen LogP contribution < -0.4 is 11.2 Å². The number of nitrogens with one attached hydrogen (secondary N) is 1. The van der Waals surface area contributed by atoms with Crippen LogP contribution in [0.3, 0.4) is 0 Å². The fourth-order valence-corrected chi connectivity index (χ4v) is 1.28. The second-order valence-corrected chi connectivity index (χ2v) is 4.60. The smallest absolute Gasteiger partial charge is 0.244 e. The number of amides is 2. The number of carbonyl (C=O) groups is 2. The Bertz CT molecular complexity index is 221. The lowest BCUT2D eigenvalue weighted by atomic mass is 9.83. The van der Waals surface area contributed by atoms with Crippen molar-refractivity contribution >= 4 is 11.8 Å². The van der Waals surface area contributed by atoms with Crippen LogP contribution in [0.5, 0.6) is 0 Å². The van der Waals surface area contributed by atoms with Gasteiger partial charge in [-0.05, 0) is 11.8 Å². The number of hydrogen-bond donors (Lipinski definition) is 3.